The largest absolute Gasteiger partial charge is 0.416 e. The van der Waals surface area contributed by atoms with Gasteiger partial charge in [-0.1, -0.05) is 23.8 Å². The van der Waals surface area contributed by atoms with E-state index >= 15 is 0 Å². The zero-order valence-electron chi connectivity index (χ0n) is 14.0. The van der Waals surface area contributed by atoms with Gasteiger partial charge in [-0.3, -0.25) is 4.79 Å². The SMILES string of the molecule is Cc1ccc(NC(=O)C(C)NS(=O)(=O)c2cccc(C(F)(F)F)c2)cc1. The lowest BCUT2D eigenvalue weighted by Crippen LogP contribution is -2.41. The van der Waals surface area contributed by atoms with E-state index in [1.54, 1.807) is 24.3 Å². The molecule has 1 amide bonds. The molecule has 0 spiro atoms. The minimum absolute atomic E-state index is 0.478. The molecule has 0 aliphatic heterocycles. The number of alkyl halides is 3. The minimum Gasteiger partial charge on any atom is -0.325 e. The number of benzene rings is 2. The van der Waals surface area contributed by atoms with Crippen molar-refractivity contribution in [3.05, 3.63) is 59.7 Å². The summed E-state index contributed by atoms with van der Waals surface area (Å²) in [5, 5.41) is 2.53. The van der Waals surface area contributed by atoms with Crippen LogP contribution >= 0.6 is 0 Å². The van der Waals surface area contributed by atoms with Gasteiger partial charge in [0.25, 0.3) is 0 Å². The third kappa shape index (κ3) is 5.06. The summed E-state index contributed by atoms with van der Waals surface area (Å²) in [6, 6.07) is 8.98. The van der Waals surface area contributed by atoms with Crippen LogP contribution in [0.2, 0.25) is 0 Å². The summed E-state index contributed by atoms with van der Waals surface area (Å²) >= 11 is 0. The molecule has 140 valence electrons. The van der Waals surface area contributed by atoms with E-state index < -0.39 is 38.6 Å². The maximum Gasteiger partial charge on any atom is 0.416 e. The van der Waals surface area contributed by atoms with Crippen LogP contribution in [0, 0.1) is 6.92 Å². The van der Waals surface area contributed by atoms with Crippen molar-refractivity contribution in [3.63, 3.8) is 0 Å². The van der Waals surface area contributed by atoms with Gasteiger partial charge >= 0.3 is 6.18 Å². The first-order chi connectivity index (χ1) is 12.0. The Balaban J connectivity index is 2.13. The van der Waals surface area contributed by atoms with Crippen molar-refractivity contribution in [2.75, 3.05) is 5.32 Å². The summed E-state index contributed by atoms with van der Waals surface area (Å²) in [5.74, 6) is -0.635. The zero-order chi connectivity index (χ0) is 19.5. The first kappa shape index (κ1) is 19.9. The molecule has 2 aromatic rings. The zero-order valence-corrected chi connectivity index (χ0v) is 14.8. The molecule has 0 saturated carbocycles. The topological polar surface area (TPSA) is 75.3 Å². The number of hydrogen-bond acceptors (Lipinski definition) is 3. The van der Waals surface area contributed by atoms with Crippen LogP contribution < -0.4 is 10.0 Å². The maximum absolute atomic E-state index is 12.7. The molecular formula is C17H17F3N2O3S. The Hall–Kier alpha value is -2.39. The summed E-state index contributed by atoms with van der Waals surface area (Å²) in [4.78, 5) is 11.5. The molecule has 26 heavy (non-hydrogen) atoms. The number of nitrogens with one attached hydrogen (secondary N) is 2. The van der Waals surface area contributed by atoms with Gasteiger partial charge in [0.05, 0.1) is 16.5 Å². The average molecular weight is 386 g/mol. The quantitative estimate of drug-likeness (QED) is 0.828. The van der Waals surface area contributed by atoms with Crippen molar-refractivity contribution in [2.24, 2.45) is 0 Å². The van der Waals surface area contributed by atoms with Crippen molar-refractivity contribution >= 4 is 21.6 Å². The molecule has 0 saturated heterocycles. The fourth-order valence-corrected chi connectivity index (χ4v) is 3.33. The van der Waals surface area contributed by atoms with Gasteiger partial charge in [-0.25, -0.2) is 8.42 Å². The molecule has 1 unspecified atom stereocenters. The standard InChI is InChI=1S/C17H17F3N2O3S/c1-11-6-8-14(9-7-11)21-16(23)12(2)22-26(24,25)15-5-3-4-13(10-15)17(18,19)20/h3-10,12,22H,1-2H3,(H,21,23). The summed E-state index contributed by atoms with van der Waals surface area (Å²) in [7, 11) is -4.30. The number of amides is 1. The second kappa shape index (κ2) is 7.46. The molecule has 9 heteroatoms. The number of hydrogen-bond donors (Lipinski definition) is 2. The Morgan fingerprint density at radius 2 is 1.69 bits per heavy atom. The molecule has 2 aromatic carbocycles. The van der Waals surface area contributed by atoms with Crippen molar-refractivity contribution in [1.82, 2.24) is 4.72 Å². The fraction of sp³-hybridized carbons (Fsp3) is 0.235. The smallest absolute Gasteiger partial charge is 0.325 e. The lowest BCUT2D eigenvalue weighted by Gasteiger charge is -2.15. The van der Waals surface area contributed by atoms with Crippen LogP contribution in [0.15, 0.2) is 53.4 Å². The van der Waals surface area contributed by atoms with E-state index in [4.69, 9.17) is 0 Å². The van der Waals surface area contributed by atoms with Crippen LogP contribution in [-0.2, 0) is 21.0 Å². The lowest BCUT2D eigenvalue weighted by molar-refractivity contribution is -0.137. The van der Waals surface area contributed by atoms with E-state index in [-0.39, 0.29) is 0 Å². The Morgan fingerprint density at radius 3 is 2.27 bits per heavy atom. The first-order valence-corrected chi connectivity index (χ1v) is 9.04. The molecular weight excluding hydrogens is 369 g/mol. The number of sulfonamides is 1. The van der Waals surface area contributed by atoms with Crippen molar-refractivity contribution in [1.29, 1.82) is 0 Å². The monoisotopic (exact) mass is 386 g/mol. The van der Waals surface area contributed by atoms with Gasteiger partial charge in [-0.15, -0.1) is 0 Å². The number of aryl methyl sites for hydroxylation is 1. The molecule has 2 rings (SSSR count). The van der Waals surface area contributed by atoms with Crippen LogP contribution in [0.25, 0.3) is 0 Å². The van der Waals surface area contributed by atoms with E-state index in [1.165, 1.54) is 6.92 Å². The van der Waals surface area contributed by atoms with E-state index in [0.29, 0.717) is 11.8 Å². The lowest BCUT2D eigenvalue weighted by atomic mass is 10.2. The van der Waals surface area contributed by atoms with E-state index in [9.17, 15) is 26.4 Å². The van der Waals surface area contributed by atoms with E-state index in [2.05, 4.69) is 10.0 Å². The molecule has 0 fully saturated rings. The molecule has 0 heterocycles. The first-order valence-electron chi connectivity index (χ1n) is 7.56. The summed E-state index contributed by atoms with van der Waals surface area (Å²) < 4.78 is 64.8. The maximum atomic E-state index is 12.7. The highest BCUT2D eigenvalue weighted by Crippen LogP contribution is 2.30. The number of anilines is 1. The third-order valence-electron chi connectivity index (χ3n) is 3.52. The summed E-state index contributed by atoms with van der Waals surface area (Å²) in [6.07, 6.45) is -4.67. The van der Waals surface area contributed by atoms with Crippen LogP contribution in [0.3, 0.4) is 0 Å². The Morgan fingerprint density at radius 1 is 1.08 bits per heavy atom. The van der Waals surface area contributed by atoms with E-state index in [1.807, 2.05) is 6.92 Å². The number of carbonyl (C=O) groups excluding carboxylic acids is 1. The normalized spacial score (nSPS) is 13.3. The predicted molar refractivity (Wildman–Crippen MR) is 91.0 cm³/mol. The molecule has 2 N–H and O–H groups in total. The van der Waals surface area contributed by atoms with Crippen molar-refractivity contribution < 1.29 is 26.4 Å². The molecule has 0 aliphatic rings. The van der Waals surface area contributed by atoms with Gasteiger partial charge in [0.15, 0.2) is 0 Å². The molecule has 0 bridgehead atoms. The van der Waals surface area contributed by atoms with Crippen LogP contribution in [-0.4, -0.2) is 20.4 Å². The van der Waals surface area contributed by atoms with Gasteiger partial charge < -0.3 is 5.32 Å². The number of halogens is 3. The Kier molecular flexibility index (Phi) is 5.72. The van der Waals surface area contributed by atoms with Gasteiger partial charge in [-0.05, 0) is 44.2 Å². The summed E-state index contributed by atoms with van der Waals surface area (Å²) in [5.41, 5.74) is 0.379. The molecule has 1 atom stereocenters. The molecule has 5 nitrogen and oxygen atoms in total. The van der Waals surface area contributed by atoms with Crippen molar-refractivity contribution in [2.45, 2.75) is 31.0 Å². The highest BCUT2D eigenvalue weighted by Gasteiger charge is 2.32. The third-order valence-corrected chi connectivity index (χ3v) is 5.05. The average Bonchev–Trinajstić information content (AvgIpc) is 2.56. The minimum atomic E-state index is -4.67. The highest BCUT2D eigenvalue weighted by atomic mass is 32.2. The highest BCUT2D eigenvalue weighted by molar-refractivity contribution is 7.89. The second-order valence-corrected chi connectivity index (χ2v) is 7.44. The van der Waals surface area contributed by atoms with Crippen LogP contribution in [0.1, 0.15) is 18.1 Å². The summed E-state index contributed by atoms with van der Waals surface area (Å²) in [6.45, 7) is 3.17. The number of carbonyl (C=O) groups is 1. The van der Waals surface area contributed by atoms with Gasteiger partial charge in [0.1, 0.15) is 0 Å². The fourth-order valence-electron chi connectivity index (χ4n) is 2.08. The molecule has 0 aromatic heterocycles. The van der Waals surface area contributed by atoms with E-state index in [0.717, 1.165) is 23.8 Å². The predicted octanol–water partition coefficient (Wildman–Crippen LogP) is 3.32. The number of rotatable bonds is 5. The Bertz CT molecular complexity index is 894. The second-order valence-electron chi connectivity index (χ2n) is 5.72. The van der Waals surface area contributed by atoms with Crippen LogP contribution in [0.4, 0.5) is 18.9 Å². The molecule has 0 radical (unpaired) electrons. The molecule has 0 aliphatic carbocycles. The van der Waals surface area contributed by atoms with Crippen molar-refractivity contribution in [3.8, 4) is 0 Å². The Labute approximate surface area is 149 Å². The van der Waals surface area contributed by atoms with Gasteiger partial charge in [0.2, 0.25) is 15.9 Å². The van der Waals surface area contributed by atoms with Crippen LogP contribution in [0.5, 0.6) is 0 Å². The van der Waals surface area contributed by atoms with Gasteiger partial charge in [-0.2, -0.15) is 17.9 Å². The van der Waals surface area contributed by atoms with Gasteiger partial charge in [0, 0.05) is 5.69 Å².